The molecule has 0 rings (SSSR count). The molecule has 0 saturated carbocycles. The third-order valence-electron chi connectivity index (χ3n) is 0.135. The van der Waals surface area contributed by atoms with Crippen molar-refractivity contribution in [2.24, 2.45) is 0 Å². The molecule has 0 aromatic carbocycles. The van der Waals surface area contributed by atoms with Gasteiger partial charge in [-0.15, -0.1) is 12.6 Å². The molecule has 9 heavy (non-hydrogen) atoms. The van der Waals surface area contributed by atoms with Crippen LogP contribution in [0.25, 0.3) is 0 Å². The molecule has 5 heteroatoms. The van der Waals surface area contributed by atoms with Crippen LogP contribution in [0.5, 0.6) is 0 Å². The Labute approximate surface area is 64.3 Å². The molecule has 0 bridgehead atoms. The Balaban J connectivity index is 0. The van der Waals surface area contributed by atoms with Crippen molar-refractivity contribution in [3.63, 3.8) is 0 Å². The van der Waals surface area contributed by atoms with Crippen LogP contribution < -0.4 is 0 Å². The molecule has 0 spiro atoms. The van der Waals surface area contributed by atoms with E-state index < -0.39 is 5.97 Å². The summed E-state index contributed by atoms with van der Waals surface area (Å²) in [6.45, 7) is 1.39. The van der Waals surface area contributed by atoms with Crippen LogP contribution in [-0.2, 0) is 9.59 Å². The highest BCUT2D eigenvalue weighted by atomic mass is 32.1. The van der Waals surface area contributed by atoms with E-state index in [-0.39, 0.29) is 10.9 Å². The minimum Gasteiger partial charge on any atom is -0.481 e. The molecule has 0 amide bonds. The lowest BCUT2D eigenvalue weighted by molar-refractivity contribution is -0.133. The summed E-state index contributed by atoms with van der Waals surface area (Å²) in [7, 11) is 0. The average molecular weight is 168 g/mol. The molecule has 3 nitrogen and oxygen atoms in total. The Bertz CT molecular complexity index is 98.0. The summed E-state index contributed by atoms with van der Waals surface area (Å²) in [6, 6.07) is 0. The molecule has 0 radical (unpaired) electrons. The molecule has 0 aromatic heterocycles. The molecule has 54 valence electrons. The molecule has 1 N–H and O–H groups in total. The topological polar surface area (TPSA) is 54.4 Å². The molecule has 0 aliphatic rings. The molecule has 0 aromatic rings. The third-order valence-corrected chi connectivity index (χ3v) is 0.406. The Hall–Kier alpha value is -0.160. The minimum absolute atomic E-state index is 0.0833. The zero-order valence-electron chi connectivity index (χ0n) is 4.87. The van der Waals surface area contributed by atoms with Crippen molar-refractivity contribution in [1.29, 1.82) is 0 Å². The van der Waals surface area contributed by atoms with E-state index in [1.165, 1.54) is 6.92 Å². The van der Waals surface area contributed by atoms with Gasteiger partial charge in [0.05, 0.1) is 5.75 Å². The van der Waals surface area contributed by atoms with E-state index in [2.05, 4.69) is 25.3 Å². The molecule has 0 heterocycles. The van der Waals surface area contributed by atoms with Crippen LogP contribution in [0.3, 0.4) is 0 Å². The Morgan fingerprint density at radius 3 is 1.67 bits per heavy atom. The van der Waals surface area contributed by atoms with Gasteiger partial charge < -0.3 is 5.11 Å². The smallest absolute Gasteiger partial charge is 0.313 e. The number of carboxylic acid groups (broad SMARTS) is 1. The van der Waals surface area contributed by atoms with E-state index in [1.807, 2.05) is 0 Å². The van der Waals surface area contributed by atoms with E-state index in [4.69, 9.17) is 5.11 Å². The van der Waals surface area contributed by atoms with Gasteiger partial charge in [0.25, 0.3) is 0 Å². The summed E-state index contributed by atoms with van der Waals surface area (Å²) >= 11 is 6.74. The lowest BCUT2D eigenvalue weighted by Gasteiger charge is -1.71. The van der Waals surface area contributed by atoms with Crippen molar-refractivity contribution in [2.45, 2.75) is 6.92 Å². The molecule has 0 aliphatic carbocycles. The monoisotopic (exact) mass is 168 g/mol. The lowest BCUT2D eigenvalue weighted by atomic mass is 10.8. The van der Waals surface area contributed by atoms with Gasteiger partial charge in [0.2, 0.25) is 0 Å². The molecule has 0 fully saturated rings. The highest BCUT2D eigenvalue weighted by molar-refractivity contribution is 7.96. The van der Waals surface area contributed by atoms with Gasteiger partial charge in [-0.3, -0.25) is 9.59 Å². The molecule has 0 atom stereocenters. The largest absolute Gasteiger partial charge is 0.481 e. The van der Waals surface area contributed by atoms with E-state index in [1.54, 1.807) is 0 Å². The van der Waals surface area contributed by atoms with E-state index in [0.29, 0.717) is 0 Å². The van der Waals surface area contributed by atoms with Crippen LogP contribution in [0.1, 0.15) is 6.92 Å². The fourth-order valence-corrected chi connectivity index (χ4v) is 0. The summed E-state index contributed by atoms with van der Waals surface area (Å²) in [6.07, 6.45) is 0. The number of aliphatic carboxylic acids is 1. The maximum absolute atomic E-state index is 9.31. The number of hydrogen-bond acceptors (Lipinski definition) is 3. The second-order valence-corrected chi connectivity index (χ2v) is 2.02. The number of hydrogen-bond donors (Lipinski definition) is 3. The predicted molar refractivity (Wildman–Crippen MR) is 41.2 cm³/mol. The quantitative estimate of drug-likeness (QED) is 0.499. The fraction of sp³-hybridized carbons (Fsp3) is 0.500. The summed E-state index contributed by atoms with van der Waals surface area (Å²) in [5.74, 6) is -0.965. The van der Waals surface area contributed by atoms with Crippen LogP contribution in [-0.4, -0.2) is 21.9 Å². The second-order valence-electron chi connectivity index (χ2n) is 1.07. The number of carbonyl (C=O) groups is 2. The first kappa shape index (κ1) is 11.6. The molecular weight excluding hydrogens is 160 g/mol. The average Bonchev–Trinajstić information content (AvgIpc) is 1.65. The number of carboxylic acids is 1. The molecule has 0 aliphatic heterocycles. The standard InChI is InChI=1S/C2H4O2S.C2H4OS/c3-2(4)1-5;1-2(3)4/h5H,1H2,(H,3,4);1H3,(H,3,4). The third kappa shape index (κ3) is 79.0. The van der Waals surface area contributed by atoms with Crippen molar-refractivity contribution in [3.8, 4) is 0 Å². The van der Waals surface area contributed by atoms with Gasteiger partial charge in [0.15, 0.2) is 5.12 Å². The zero-order valence-corrected chi connectivity index (χ0v) is 6.65. The Kier molecular flexibility index (Phi) is 10.1. The number of carbonyl (C=O) groups excluding carboxylic acids is 1. The summed E-state index contributed by atoms with van der Waals surface area (Å²) in [5, 5.41) is 7.51. The number of thiol groups is 2. The Morgan fingerprint density at radius 2 is 1.67 bits per heavy atom. The van der Waals surface area contributed by atoms with Gasteiger partial charge in [0, 0.05) is 6.92 Å². The van der Waals surface area contributed by atoms with Gasteiger partial charge in [-0.2, -0.15) is 12.6 Å². The first-order valence-electron chi connectivity index (χ1n) is 2.03. The van der Waals surface area contributed by atoms with Crippen molar-refractivity contribution in [2.75, 3.05) is 5.75 Å². The van der Waals surface area contributed by atoms with E-state index in [0.717, 1.165) is 0 Å². The molecule has 0 saturated heterocycles. The van der Waals surface area contributed by atoms with Gasteiger partial charge in [-0.1, -0.05) is 0 Å². The Morgan fingerprint density at radius 1 is 1.56 bits per heavy atom. The maximum atomic E-state index is 9.31. The van der Waals surface area contributed by atoms with E-state index in [9.17, 15) is 9.59 Å². The first-order chi connectivity index (χ1) is 4.00. The summed E-state index contributed by atoms with van der Waals surface area (Å²) < 4.78 is 0. The molecular formula is C4H8O3S2. The minimum atomic E-state index is -0.881. The van der Waals surface area contributed by atoms with Crippen LogP contribution in [0.2, 0.25) is 0 Å². The van der Waals surface area contributed by atoms with Crippen LogP contribution >= 0.6 is 25.3 Å². The maximum Gasteiger partial charge on any atom is 0.313 e. The second kappa shape index (κ2) is 7.84. The normalized spacial score (nSPS) is 7.00. The van der Waals surface area contributed by atoms with Crippen molar-refractivity contribution >= 4 is 36.3 Å². The van der Waals surface area contributed by atoms with Crippen molar-refractivity contribution in [1.82, 2.24) is 0 Å². The van der Waals surface area contributed by atoms with Crippen molar-refractivity contribution < 1.29 is 14.7 Å². The van der Waals surface area contributed by atoms with E-state index >= 15 is 0 Å². The SMILES string of the molecule is CC(=O)S.O=C(O)CS. The highest BCUT2D eigenvalue weighted by Crippen LogP contribution is 1.66. The van der Waals surface area contributed by atoms with Gasteiger partial charge in [-0.25, -0.2) is 0 Å². The summed E-state index contributed by atoms with van der Waals surface area (Å²) in [5.41, 5.74) is 0. The summed E-state index contributed by atoms with van der Waals surface area (Å²) in [4.78, 5) is 18.6. The van der Waals surface area contributed by atoms with Gasteiger partial charge >= 0.3 is 5.97 Å². The van der Waals surface area contributed by atoms with Gasteiger partial charge in [0.1, 0.15) is 0 Å². The van der Waals surface area contributed by atoms with Crippen LogP contribution in [0.4, 0.5) is 0 Å². The zero-order chi connectivity index (χ0) is 7.86. The fourth-order valence-electron chi connectivity index (χ4n) is 0. The van der Waals surface area contributed by atoms with Crippen LogP contribution in [0, 0.1) is 0 Å². The highest BCUT2D eigenvalue weighted by Gasteiger charge is 1.81. The van der Waals surface area contributed by atoms with Crippen LogP contribution in [0.15, 0.2) is 0 Å². The molecule has 0 unspecified atom stereocenters. The number of rotatable bonds is 1. The van der Waals surface area contributed by atoms with Gasteiger partial charge in [-0.05, 0) is 0 Å². The lowest BCUT2D eigenvalue weighted by Crippen LogP contribution is -1.92. The first-order valence-corrected chi connectivity index (χ1v) is 3.10. The van der Waals surface area contributed by atoms with Crippen molar-refractivity contribution in [3.05, 3.63) is 0 Å². The predicted octanol–water partition coefficient (Wildman–Crippen LogP) is 0.463.